The Balaban J connectivity index is 1.38. The lowest BCUT2D eigenvalue weighted by Gasteiger charge is -2.17. The highest BCUT2D eigenvalue weighted by molar-refractivity contribution is 9.10. The SMILES string of the molecule is Cc1ccc2[nH]cc(CCN3C[C@H](C(=O)Nc4ccc(Br)cc4C)CC3=O)c2c1. The molecule has 5 nitrogen and oxygen atoms in total. The summed E-state index contributed by atoms with van der Waals surface area (Å²) in [5, 5.41) is 4.18. The molecule has 0 spiro atoms. The largest absolute Gasteiger partial charge is 0.361 e. The lowest BCUT2D eigenvalue weighted by Crippen LogP contribution is -2.30. The molecule has 0 bridgehead atoms. The number of carbonyl (C=O) groups is 2. The van der Waals surface area contributed by atoms with Gasteiger partial charge in [-0.15, -0.1) is 0 Å². The van der Waals surface area contributed by atoms with Crippen molar-refractivity contribution in [3.8, 4) is 0 Å². The summed E-state index contributed by atoms with van der Waals surface area (Å²) in [4.78, 5) is 30.3. The summed E-state index contributed by atoms with van der Waals surface area (Å²) >= 11 is 3.43. The summed E-state index contributed by atoms with van der Waals surface area (Å²) in [5.41, 5.74) is 5.31. The second-order valence-corrected chi connectivity index (χ2v) is 8.72. The fourth-order valence-electron chi connectivity index (χ4n) is 3.92. The van der Waals surface area contributed by atoms with Gasteiger partial charge in [0, 0.05) is 46.8 Å². The Morgan fingerprint density at radius 1 is 1.24 bits per heavy atom. The van der Waals surface area contributed by atoms with Gasteiger partial charge in [-0.05, 0) is 61.7 Å². The molecule has 1 atom stereocenters. The third-order valence-electron chi connectivity index (χ3n) is 5.61. The fourth-order valence-corrected chi connectivity index (χ4v) is 4.40. The molecule has 2 aromatic carbocycles. The normalized spacial score (nSPS) is 16.6. The van der Waals surface area contributed by atoms with Crippen molar-refractivity contribution in [1.82, 2.24) is 9.88 Å². The Hall–Kier alpha value is -2.60. The van der Waals surface area contributed by atoms with Gasteiger partial charge in [0.25, 0.3) is 0 Å². The van der Waals surface area contributed by atoms with E-state index in [1.807, 2.05) is 36.2 Å². The van der Waals surface area contributed by atoms with Crippen LogP contribution in [0.2, 0.25) is 0 Å². The van der Waals surface area contributed by atoms with Crippen LogP contribution < -0.4 is 5.32 Å². The van der Waals surface area contributed by atoms with E-state index in [0.717, 1.165) is 27.7 Å². The smallest absolute Gasteiger partial charge is 0.229 e. The maximum Gasteiger partial charge on any atom is 0.229 e. The summed E-state index contributed by atoms with van der Waals surface area (Å²) in [6, 6.07) is 12.1. The van der Waals surface area contributed by atoms with E-state index >= 15 is 0 Å². The van der Waals surface area contributed by atoms with E-state index in [1.165, 1.54) is 16.5 Å². The summed E-state index contributed by atoms with van der Waals surface area (Å²) in [5.74, 6) is -0.349. The van der Waals surface area contributed by atoms with Crippen LogP contribution in [-0.2, 0) is 16.0 Å². The standard InChI is InChI=1S/C23H24BrN3O2/c1-14-3-5-21-19(9-14)16(12-25-21)7-8-27-13-17(11-22(27)28)23(29)26-20-6-4-18(24)10-15(20)2/h3-6,9-10,12,17,25H,7-8,11,13H2,1-2H3,(H,26,29)/t17-/m1/s1. The summed E-state index contributed by atoms with van der Waals surface area (Å²) < 4.78 is 0.975. The molecular weight excluding hydrogens is 430 g/mol. The number of aromatic amines is 1. The number of nitrogens with one attached hydrogen (secondary N) is 2. The van der Waals surface area contributed by atoms with Crippen LogP contribution in [0, 0.1) is 19.8 Å². The lowest BCUT2D eigenvalue weighted by molar-refractivity contribution is -0.128. The number of likely N-dealkylation sites (tertiary alicyclic amines) is 1. The van der Waals surface area contributed by atoms with Crippen LogP contribution in [0.3, 0.4) is 0 Å². The van der Waals surface area contributed by atoms with Crippen LogP contribution in [0.4, 0.5) is 5.69 Å². The third kappa shape index (κ3) is 4.22. The molecule has 150 valence electrons. The van der Waals surface area contributed by atoms with Gasteiger partial charge in [0.2, 0.25) is 11.8 Å². The minimum absolute atomic E-state index is 0.0497. The first kappa shape index (κ1) is 19.7. The van der Waals surface area contributed by atoms with Crippen LogP contribution in [-0.4, -0.2) is 34.8 Å². The van der Waals surface area contributed by atoms with Crippen LogP contribution in [0.25, 0.3) is 10.9 Å². The molecule has 6 heteroatoms. The van der Waals surface area contributed by atoms with Gasteiger partial charge in [-0.2, -0.15) is 0 Å². The Morgan fingerprint density at radius 3 is 2.86 bits per heavy atom. The predicted molar refractivity (Wildman–Crippen MR) is 119 cm³/mol. The monoisotopic (exact) mass is 453 g/mol. The Morgan fingerprint density at radius 2 is 2.07 bits per heavy atom. The summed E-state index contributed by atoms with van der Waals surface area (Å²) in [7, 11) is 0. The molecule has 2 amide bonds. The maximum atomic E-state index is 12.7. The van der Waals surface area contributed by atoms with Crippen molar-refractivity contribution in [3.05, 3.63) is 63.8 Å². The molecular formula is C23H24BrN3O2. The Kier molecular flexibility index (Phi) is 5.46. The van der Waals surface area contributed by atoms with Crippen molar-refractivity contribution in [3.63, 3.8) is 0 Å². The summed E-state index contributed by atoms with van der Waals surface area (Å²) in [6.45, 7) is 5.13. The van der Waals surface area contributed by atoms with Gasteiger partial charge in [0.15, 0.2) is 0 Å². The van der Waals surface area contributed by atoms with Gasteiger partial charge in [0.05, 0.1) is 5.92 Å². The van der Waals surface area contributed by atoms with Gasteiger partial charge in [0.1, 0.15) is 0 Å². The number of aromatic nitrogens is 1. The number of carbonyl (C=O) groups excluding carboxylic acids is 2. The Bertz CT molecular complexity index is 1090. The molecule has 0 unspecified atom stereocenters. The molecule has 1 saturated heterocycles. The zero-order chi connectivity index (χ0) is 20.5. The predicted octanol–water partition coefficient (Wildman–Crippen LogP) is 4.58. The number of amides is 2. The first-order chi connectivity index (χ1) is 13.9. The number of halogens is 1. The van der Waals surface area contributed by atoms with E-state index in [9.17, 15) is 9.59 Å². The zero-order valence-corrected chi connectivity index (χ0v) is 18.2. The fraction of sp³-hybridized carbons (Fsp3) is 0.304. The average molecular weight is 454 g/mol. The highest BCUT2D eigenvalue weighted by atomic mass is 79.9. The first-order valence-electron chi connectivity index (χ1n) is 9.82. The van der Waals surface area contributed by atoms with Crippen LogP contribution in [0.1, 0.15) is 23.1 Å². The van der Waals surface area contributed by atoms with Crippen molar-refractivity contribution >= 4 is 44.3 Å². The number of aryl methyl sites for hydroxylation is 2. The van der Waals surface area contributed by atoms with E-state index in [2.05, 4.69) is 51.4 Å². The van der Waals surface area contributed by atoms with Crippen LogP contribution in [0.5, 0.6) is 0 Å². The molecule has 2 heterocycles. The zero-order valence-electron chi connectivity index (χ0n) is 16.6. The topological polar surface area (TPSA) is 65.2 Å². The number of benzene rings is 2. The van der Waals surface area contributed by atoms with Crippen molar-refractivity contribution in [2.24, 2.45) is 5.92 Å². The quantitative estimate of drug-likeness (QED) is 0.593. The molecule has 1 aliphatic heterocycles. The van der Waals surface area contributed by atoms with E-state index in [1.54, 1.807) is 0 Å². The number of H-pyrrole nitrogens is 1. The van der Waals surface area contributed by atoms with E-state index in [4.69, 9.17) is 0 Å². The van der Waals surface area contributed by atoms with Gasteiger partial charge in [-0.3, -0.25) is 9.59 Å². The van der Waals surface area contributed by atoms with Crippen molar-refractivity contribution in [1.29, 1.82) is 0 Å². The lowest BCUT2D eigenvalue weighted by atomic mass is 10.1. The molecule has 0 saturated carbocycles. The molecule has 3 aromatic rings. The minimum Gasteiger partial charge on any atom is -0.361 e. The first-order valence-corrected chi connectivity index (χ1v) is 10.6. The number of nitrogens with zero attached hydrogens (tertiary/aromatic N) is 1. The van der Waals surface area contributed by atoms with Crippen LogP contribution >= 0.6 is 15.9 Å². The van der Waals surface area contributed by atoms with Gasteiger partial charge < -0.3 is 15.2 Å². The van der Waals surface area contributed by atoms with Crippen LogP contribution in [0.15, 0.2) is 47.1 Å². The summed E-state index contributed by atoms with van der Waals surface area (Å²) in [6.07, 6.45) is 3.06. The third-order valence-corrected chi connectivity index (χ3v) is 6.10. The average Bonchev–Trinajstić information content (AvgIpc) is 3.25. The minimum atomic E-state index is -0.309. The van der Waals surface area contributed by atoms with E-state index in [-0.39, 0.29) is 24.2 Å². The van der Waals surface area contributed by atoms with E-state index in [0.29, 0.717) is 13.1 Å². The number of anilines is 1. The molecule has 0 radical (unpaired) electrons. The number of hydrogen-bond donors (Lipinski definition) is 2. The second-order valence-electron chi connectivity index (χ2n) is 7.80. The molecule has 4 rings (SSSR count). The highest BCUT2D eigenvalue weighted by Crippen LogP contribution is 2.25. The van der Waals surface area contributed by atoms with Crippen molar-refractivity contribution in [2.45, 2.75) is 26.7 Å². The molecule has 1 fully saturated rings. The van der Waals surface area contributed by atoms with Gasteiger partial charge >= 0.3 is 0 Å². The van der Waals surface area contributed by atoms with Crippen molar-refractivity contribution in [2.75, 3.05) is 18.4 Å². The van der Waals surface area contributed by atoms with Crippen molar-refractivity contribution < 1.29 is 9.59 Å². The maximum absolute atomic E-state index is 12.7. The Labute approximate surface area is 178 Å². The molecule has 29 heavy (non-hydrogen) atoms. The molecule has 1 aromatic heterocycles. The number of hydrogen-bond acceptors (Lipinski definition) is 2. The number of rotatable bonds is 5. The molecule has 1 aliphatic rings. The number of fused-ring (bicyclic) bond motifs is 1. The van der Waals surface area contributed by atoms with E-state index < -0.39 is 0 Å². The van der Waals surface area contributed by atoms with Gasteiger partial charge in [-0.1, -0.05) is 27.6 Å². The molecule has 2 N–H and O–H groups in total. The molecule has 0 aliphatic carbocycles. The second kappa shape index (κ2) is 8.03. The highest BCUT2D eigenvalue weighted by Gasteiger charge is 2.34. The van der Waals surface area contributed by atoms with Gasteiger partial charge in [-0.25, -0.2) is 0 Å².